The molecule has 2 aromatic heterocycles. The van der Waals surface area contributed by atoms with Crippen LogP contribution in [0, 0.1) is 0 Å². The summed E-state index contributed by atoms with van der Waals surface area (Å²) in [6.07, 6.45) is 7.48. The molecule has 10 aromatic rings. The lowest BCUT2D eigenvalue weighted by Crippen LogP contribution is -2.40. The molecule has 0 fully saturated rings. The zero-order valence-electron chi connectivity index (χ0n) is 33.7. The monoisotopic (exact) mass is 813 g/mol. The number of aliphatic imine (C=N–C) groups is 2. The Labute approximate surface area is 363 Å². The first kappa shape index (κ1) is 36.3. The molecule has 1 N–H and O–H groups in total. The standard InChI is InChI=1S/C57H39N3OS/c1-3-13-37(14-4-1)43-17-7-8-18-44(43)38-27-25-36(26-28-38)42-33-34-51-48(35-42)54-47(21-12-24-52(54)62-51)57-59-55(40-15-5-2-6-16-40)58-56(60-57)41-31-29-39(30-32-41)45-20-11-23-50-53(45)46-19-9-10-22-49(46)61-50/h1-29,31-35,39,56H,30H2,(H,58,59,60). The molecular weight excluding hydrogens is 775 g/mol. The van der Waals surface area contributed by atoms with Crippen LogP contribution in [0.5, 0.6) is 0 Å². The summed E-state index contributed by atoms with van der Waals surface area (Å²) in [4.78, 5) is 10.5. The Morgan fingerprint density at radius 2 is 1.18 bits per heavy atom. The van der Waals surface area contributed by atoms with E-state index >= 15 is 0 Å². The first-order valence-corrected chi connectivity index (χ1v) is 22.0. The van der Waals surface area contributed by atoms with Crippen molar-refractivity contribution in [1.29, 1.82) is 0 Å². The maximum Gasteiger partial charge on any atom is 0.159 e. The number of nitrogens with one attached hydrogen (secondary N) is 1. The highest BCUT2D eigenvalue weighted by Crippen LogP contribution is 2.41. The van der Waals surface area contributed by atoms with Crippen LogP contribution >= 0.6 is 11.3 Å². The molecule has 294 valence electrons. The van der Waals surface area contributed by atoms with E-state index in [1.54, 1.807) is 0 Å². The minimum absolute atomic E-state index is 0.221. The molecule has 1 aliphatic carbocycles. The number of fused-ring (bicyclic) bond motifs is 6. The summed E-state index contributed by atoms with van der Waals surface area (Å²) in [6, 6.07) is 66.8. The number of rotatable bonds is 7. The predicted molar refractivity (Wildman–Crippen MR) is 260 cm³/mol. The van der Waals surface area contributed by atoms with Crippen molar-refractivity contribution in [3.05, 3.63) is 229 Å². The Kier molecular flexibility index (Phi) is 8.86. The lowest BCUT2D eigenvalue weighted by Gasteiger charge is -2.27. The second-order valence-electron chi connectivity index (χ2n) is 16.0. The fourth-order valence-electron chi connectivity index (χ4n) is 9.30. The molecule has 0 spiro atoms. The quantitative estimate of drug-likeness (QED) is 0.174. The number of amidine groups is 2. The molecule has 0 radical (unpaired) electrons. The van der Waals surface area contributed by atoms with Crippen LogP contribution in [0.1, 0.15) is 29.0 Å². The Bertz CT molecular complexity index is 3460. The van der Waals surface area contributed by atoms with Crippen molar-refractivity contribution in [3.8, 4) is 33.4 Å². The van der Waals surface area contributed by atoms with Gasteiger partial charge < -0.3 is 9.73 Å². The van der Waals surface area contributed by atoms with E-state index in [2.05, 4.69) is 193 Å². The Balaban J connectivity index is 0.891. The third kappa shape index (κ3) is 6.37. The zero-order chi connectivity index (χ0) is 41.0. The van der Waals surface area contributed by atoms with Gasteiger partial charge in [-0.1, -0.05) is 176 Å². The number of furan rings is 1. The van der Waals surface area contributed by atoms with Crippen LogP contribution in [-0.2, 0) is 0 Å². The number of nitrogens with zero attached hydrogens (tertiary/aromatic N) is 2. The largest absolute Gasteiger partial charge is 0.456 e. The summed E-state index contributed by atoms with van der Waals surface area (Å²) in [7, 11) is 0. The van der Waals surface area contributed by atoms with Gasteiger partial charge in [0.1, 0.15) is 23.2 Å². The van der Waals surface area contributed by atoms with Gasteiger partial charge in [-0.05, 0) is 81.3 Å². The first-order valence-electron chi connectivity index (χ1n) is 21.2. The molecule has 0 saturated carbocycles. The predicted octanol–water partition coefficient (Wildman–Crippen LogP) is 14.7. The molecule has 0 amide bonds. The maximum absolute atomic E-state index is 6.24. The van der Waals surface area contributed by atoms with Crippen molar-refractivity contribution >= 4 is 65.1 Å². The number of hydrogen-bond acceptors (Lipinski definition) is 5. The van der Waals surface area contributed by atoms with Gasteiger partial charge in [0, 0.05) is 48.0 Å². The van der Waals surface area contributed by atoms with Gasteiger partial charge >= 0.3 is 0 Å². The minimum Gasteiger partial charge on any atom is -0.456 e. The molecule has 1 aliphatic heterocycles. The molecule has 8 aromatic carbocycles. The summed E-state index contributed by atoms with van der Waals surface area (Å²) in [5.74, 6) is 1.77. The summed E-state index contributed by atoms with van der Waals surface area (Å²) < 4.78 is 8.72. The summed E-state index contributed by atoms with van der Waals surface area (Å²) in [5.41, 5.74) is 13.6. The van der Waals surface area contributed by atoms with Gasteiger partial charge in [-0.2, -0.15) is 0 Å². The van der Waals surface area contributed by atoms with E-state index in [0.717, 1.165) is 51.3 Å². The number of benzene rings is 8. The summed E-state index contributed by atoms with van der Waals surface area (Å²) in [5, 5.41) is 8.60. The molecule has 2 unspecified atom stereocenters. The van der Waals surface area contributed by atoms with Crippen LogP contribution in [0.3, 0.4) is 0 Å². The van der Waals surface area contributed by atoms with Crippen molar-refractivity contribution in [3.63, 3.8) is 0 Å². The average Bonchev–Trinajstić information content (AvgIpc) is 3.93. The van der Waals surface area contributed by atoms with E-state index < -0.39 is 0 Å². The molecule has 2 atom stereocenters. The van der Waals surface area contributed by atoms with Crippen LogP contribution in [0.4, 0.5) is 0 Å². The second kappa shape index (κ2) is 15.1. The fraction of sp³-hybridized carbons (Fsp3) is 0.0526. The van der Waals surface area contributed by atoms with Gasteiger partial charge in [-0.25, -0.2) is 9.98 Å². The van der Waals surface area contributed by atoms with Crippen molar-refractivity contribution in [2.24, 2.45) is 9.98 Å². The normalized spacial score (nSPS) is 16.4. The minimum atomic E-state index is -0.304. The summed E-state index contributed by atoms with van der Waals surface area (Å²) >= 11 is 1.83. The van der Waals surface area contributed by atoms with Crippen LogP contribution in [0.15, 0.2) is 226 Å². The Morgan fingerprint density at radius 3 is 1.97 bits per heavy atom. The summed E-state index contributed by atoms with van der Waals surface area (Å²) in [6.45, 7) is 0. The van der Waals surface area contributed by atoms with Crippen LogP contribution in [0.2, 0.25) is 0 Å². The van der Waals surface area contributed by atoms with E-state index in [-0.39, 0.29) is 12.1 Å². The highest BCUT2D eigenvalue weighted by atomic mass is 32.1. The van der Waals surface area contributed by atoms with Gasteiger partial charge in [0.2, 0.25) is 0 Å². The molecule has 4 nitrogen and oxygen atoms in total. The fourth-order valence-corrected chi connectivity index (χ4v) is 10.4. The number of hydrogen-bond donors (Lipinski definition) is 1. The SMILES string of the molecule is C1=CC(c2cccc3oc4ccccc4c23)CC=C1C1N=C(c2ccccc2)N=C(c2cccc3sc4ccc(-c5ccc(-c6ccccc6-c6ccccc6)cc5)cc4c23)N1. The van der Waals surface area contributed by atoms with E-state index in [1.807, 2.05) is 29.5 Å². The molecule has 0 bridgehead atoms. The number of allylic oxidation sites excluding steroid dienone is 2. The molecule has 0 saturated heterocycles. The molecule has 3 heterocycles. The van der Waals surface area contributed by atoms with Crippen molar-refractivity contribution in [2.75, 3.05) is 0 Å². The third-order valence-electron chi connectivity index (χ3n) is 12.3. The first-order chi connectivity index (χ1) is 30.7. The highest BCUT2D eigenvalue weighted by molar-refractivity contribution is 7.25. The molecular formula is C57H39N3OS. The molecule has 2 aliphatic rings. The highest BCUT2D eigenvalue weighted by Gasteiger charge is 2.26. The van der Waals surface area contributed by atoms with Gasteiger partial charge in [-0.15, -0.1) is 11.3 Å². The van der Waals surface area contributed by atoms with E-state index in [0.29, 0.717) is 0 Å². The van der Waals surface area contributed by atoms with E-state index in [9.17, 15) is 0 Å². The van der Waals surface area contributed by atoms with Gasteiger partial charge in [0.25, 0.3) is 0 Å². The van der Waals surface area contributed by atoms with Gasteiger partial charge in [0.15, 0.2) is 5.84 Å². The second-order valence-corrected chi connectivity index (χ2v) is 17.1. The van der Waals surface area contributed by atoms with E-state index in [1.165, 1.54) is 64.5 Å². The Hall–Kier alpha value is -7.60. The average molecular weight is 814 g/mol. The van der Waals surface area contributed by atoms with Crippen LogP contribution < -0.4 is 5.32 Å². The number of para-hydroxylation sites is 1. The molecule has 5 heteroatoms. The third-order valence-corrected chi connectivity index (χ3v) is 13.5. The van der Waals surface area contributed by atoms with Crippen LogP contribution in [0.25, 0.3) is 75.5 Å². The van der Waals surface area contributed by atoms with E-state index in [4.69, 9.17) is 14.4 Å². The lowest BCUT2D eigenvalue weighted by molar-refractivity contribution is 0.668. The topological polar surface area (TPSA) is 49.9 Å². The van der Waals surface area contributed by atoms with Crippen molar-refractivity contribution in [1.82, 2.24) is 5.32 Å². The van der Waals surface area contributed by atoms with Crippen LogP contribution in [-0.4, -0.2) is 17.8 Å². The molecule has 62 heavy (non-hydrogen) atoms. The van der Waals surface area contributed by atoms with Crippen molar-refractivity contribution in [2.45, 2.75) is 18.5 Å². The lowest BCUT2D eigenvalue weighted by atomic mass is 9.87. The zero-order valence-corrected chi connectivity index (χ0v) is 34.5. The smallest absolute Gasteiger partial charge is 0.159 e. The van der Waals surface area contributed by atoms with Gasteiger partial charge in [0.05, 0.1) is 0 Å². The molecule has 12 rings (SSSR count). The van der Waals surface area contributed by atoms with Crippen molar-refractivity contribution < 1.29 is 4.42 Å². The Morgan fingerprint density at radius 1 is 0.516 bits per heavy atom. The number of thiophene rings is 1. The van der Waals surface area contributed by atoms with Gasteiger partial charge in [-0.3, -0.25) is 0 Å². The maximum atomic E-state index is 6.24.